The highest BCUT2D eigenvalue weighted by Crippen LogP contribution is 2.22. The molecular formula is C22H23FN4O3. The standard InChI is InChI=1S/C22H23FN4O3/c1-14-12-20(27(2)26-14)25-22(29)21(28)24-19(13-15-4-8-17(23)9-5-15)16-6-10-18(30-3)11-7-16/h4-12,19H,13H2,1-3H3,(H,24,28)(H,25,29)/t19-/m0/s1. The van der Waals surface area contributed by atoms with Crippen LogP contribution in [0.25, 0.3) is 0 Å². The molecule has 30 heavy (non-hydrogen) atoms. The Kier molecular flexibility index (Phi) is 6.46. The third-order valence-electron chi connectivity index (χ3n) is 4.63. The van der Waals surface area contributed by atoms with Crippen molar-refractivity contribution >= 4 is 17.6 Å². The van der Waals surface area contributed by atoms with Gasteiger partial charge in [-0.25, -0.2) is 4.39 Å². The van der Waals surface area contributed by atoms with Gasteiger partial charge < -0.3 is 15.4 Å². The van der Waals surface area contributed by atoms with Crippen LogP contribution in [0.4, 0.5) is 10.2 Å². The molecule has 0 bridgehead atoms. The van der Waals surface area contributed by atoms with E-state index in [0.717, 1.165) is 16.8 Å². The minimum absolute atomic E-state index is 0.338. The van der Waals surface area contributed by atoms with E-state index in [9.17, 15) is 14.0 Å². The monoisotopic (exact) mass is 410 g/mol. The Morgan fingerprint density at radius 3 is 2.33 bits per heavy atom. The van der Waals surface area contributed by atoms with Gasteiger partial charge in [0.05, 0.1) is 18.8 Å². The summed E-state index contributed by atoms with van der Waals surface area (Å²) in [6.07, 6.45) is 0.385. The van der Waals surface area contributed by atoms with Crippen molar-refractivity contribution in [3.63, 3.8) is 0 Å². The maximum absolute atomic E-state index is 13.2. The number of ether oxygens (including phenoxy) is 1. The molecule has 1 heterocycles. The topological polar surface area (TPSA) is 85.2 Å². The van der Waals surface area contributed by atoms with Crippen molar-refractivity contribution in [3.05, 3.63) is 77.2 Å². The third kappa shape index (κ3) is 5.22. The second-order valence-electron chi connectivity index (χ2n) is 6.88. The normalized spacial score (nSPS) is 11.6. The van der Waals surface area contributed by atoms with Gasteiger partial charge in [0.15, 0.2) is 0 Å². The molecule has 0 radical (unpaired) electrons. The van der Waals surface area contributed by atoms with Gasteiger partial charge in [0.1, 0.15) is 17.4 Å². The number of carbonyl (C=O) groups excluding carboxylic acids is 2. The molecule has 0 spiro atoms. The highest BCUT2D eigenvalue weighted by atomic mass is 19.1. The molecule has 1 atom stereocenters. The van der Waals surface area contributed by atoms with Crippen molar-refractivity contribution in [2.45, 2.75) is 19.4 Å². The number of amides is 2. The summed E-state index contributed by atoms with van der Waals surface area (Å²) in [6.45, 7) is 1.79. The maximum Gasteiger partial charge on any atom is 0.314 e. The lowest BCUT2D eigenvalue weighted by atomic mass is 9.98. The number of hydrogen-bond donors (Lipinski definition) is 2. The molecule has 7 nitrogen and oxygen atoms in total. The fourth-order valence-corrected chi connectivity index (χ4v) is 3.07. The lowest BCUT2D eigenvalue weighted by molar-refractivity contribution is -0.136. The second-order valence-corrected chi connectivity index (χ2v) is 6.88. The van der Waals surface area contributed by atoms with Gasteiger partial charge in [-0.3, -0.25) is 14.3 Å². The van der Waals surface area contributed by atoms with Crippen molar-refractivity contribution in [1.82, 2.24) is 15.1 Å². The minimum Gasteiger partial charge on any atom is -0.497 e. The van der Waals surface area contributed by atoms with Crippen molar-refractivity contribution < 1.29 is 18.7 Å². The lowest BCUT2D eigenvalue weighted by Crippen LogP contribution is -2.38. The number of benzene rings is 2. The van der Waals surface area contributed by atoms with Gasteiger partial charge in [-0.2, -0.15) is 5.10 Å². The molecule has 0 saturated heterocycles. The number of aryl methyl sites for hydroxylation is 2. The molecule has 0 aliphatic carbocycles. The summed E-state index contributed by atoms with van der Waals surface area (Å²) in [5, 5.41) is 9.46. The lowest BCUT2D eigenvalue weighted by Gasteiger charge is -2.19. The van der Waals surface area contributed by atoms with E-state index in [-0.39, 0.29) is 5.82 Å². The molecule has 0 fully saturated rings. The van der Waals surface area contributed by atoms with Crippen LogP contribution in [-0.2, 0) is 23.1 Å². The molecule has 156 valence electrons. The summed E-state index contributed by atoms with van der Waals surface area (Å²) < 4.78 is 19.9. The van der Waals surface area contributed by atoms with Crippen LogP contribution in [0, 0.1) is 12.7 Å². The summed E-state index contributed by atoms with van der Waals surface area (Å²) in [5.74, 6) is -0.816. The SMILES string of the molecule is COc1ccc([C@H](Cc2ccc(F)cc2)NC(=O)C(=O)Nc2cc(C)nn2C)cc1. The van der Waals surface area contributed by atoms with E-state index in [1.165, 1.54) is 16.8 Å². The summed E-state index contributed by atoms with van der Waals surface area (Å²) in [4.78, 5) is 25.0. The fourth-order valence-electron chi connectivity index (χ4n) is 3.07. The van der Waals surface area contributed by atoms with Crippen molar-refractivity contribution in [1.29, 1.82) is 0 Å². The zero-order valence-electron chi connectivity index (χ0n) is 17.0. The van der Waals surface area contributed by atoms with E-state index in [2.05, 4.69) is 15.7 Å². The third-order valence-corrected chi connectivity index (χ3v) is 4.63. The number of rotatable bonds is 6. The predicted octanol–water partition coefficient (Wildman–Crippen LogP) is 2.91. The van der Waals surface area contributed by atoms with E-state index in [0.29, 0.717) is 18.0 Å². The van der Waals surface area contributed by atoms with Crippen LogP contribution in [0.15, 0.2) is 54.6 Å². The Hall–Kier alpha value is -3.68. The average molecular weight is 410 g/mol. The number of halogens is 1. The number of carbonyl (C=O) groups is 2. The molecular weight excluding hydrogens is 387 g/mol. The molecule has 1 aromatic heterocycles. The fraction of sp³-hybridized carbons (Fsp3) is 0.227. The van der Waals surface area contributed by atoms with Crippen LogP contribution in [0.2, 0.25) is 0 Å². The molecule has 3 aromatic rings. The van der Waals surface area contributed by atoms with E-state index < -0.39 is 17.9 Å². The van der Waals surface area contributed by atoms with Crippen LogP contribution in [0.3, 0.4) is 0 Å². The Labute approximate surface area is 173 Å². The van der Waals surface area contributed by atoms with E-state index >= 15 is 0 Å². The van der Waals surface area contributed by atoms with Crippen LogP contribution in [0.1, 0.15) is 22.9 Å². The predicted molar refractivity (Wildman–Crippen MR) is 111 cm³/mol. The molecule has 0 saturated carbocycles. The molecule has 0 aliphatic heterocycles. The molecule has 0 unspecified atom stereocenters. The first-order valence-corrected chi connectivity index (χ1v) is 9.36. The first-order valence-electron chi connectivity index (χ1n) is 9.36. The van der Waals surface area contributed by atoms with E-state index in [4.69, 9.17) is 4.74 Å². The van der Waals surface area contributed by atoms with Crippen LogP contribution in [0.5, 0.6) is 5.75 Å². The Bertz CT molecular complexity index is 1030. The Balaban J connectivity index is 1.77. The Morgan fingerprint density at radius 2 is 1.77 bits per heavy atom. The smallest absolute Gasteiger partial charge is 0.314 e. The highest BCUT2D eigenvalue weighted by molar-refractivity contribution is 6.39. The number of nitrogens with one attached hydrogen (secondary N) is 2. The molecule has 2 amide bonds. The second kappa shape index (κ2) is 9.21. The van der Waals surface area contributed by atoms with Crippen LogP contribution >= 0.6 is 0 Å². The zero-order chi connectivity index (χ0) is 21.7. The number of methoxy groups -OCH3 is 1. The molecule has 2 N–H and O–H groups in total. The average Bonchev–Trinajstić information content (AvgIpc) is 3.05. The molecule has 3 rings (SSSR count). The van der Waals surface area contributed by atoms with Gasteiger partial charge in [-0.15, -0.1) is 0 Å². The number of aromatic nitrogens is 2. The summed E-state index contributed by atoms with van der Waals surface area (Å²) >= 11 is 0. The van der Waals surface area contributed by atoms with Gasteiger partial charge in [-0.05, 0) is 48.7 Å². The van der Waals surface area contributed by atoms with Gasteiger partial charge >= 0.3 is 11.8 Å². The van der Waals surface area contributed by atoms with Gasteiger partial charge in [-0.1, -0.05) is 24.3 Å². The number of hydrogen-bond acceptors (Lipinski definition) is 4. The largest absolute Gasteiger partial charge is 0.497 e. The maximum atomic E-state index is 13.2. The first-order chi connectivity index (χ1) is 14.4. The highest BCUT2D eigenvalue weighted by Gasteiger charge is 2.21. The van der Waals surface area contributed by atoms with Crippen molar-refractivity contribution in [3.8, 4) is 5.75 Å². The first kappa shape index (κ1) is 21.0. The van der Waals surface area contributed by atoms with Gasteiger partial charge in [0, 0.05) is 13.1 Å². The zero-order valence-corrected chi connectivity index (χ0v) is 17.0. The minimum atomic E-state index is -0.796. The van der Waals surface area contributed by atoms with Crippen LogP contribution in [-0.4, -0.2) is 28.7 Å². The summed E-state index contributed by atoms with van der Waals surface area (Å²) in [7, 11) is 3.24. The number of anilines is 1. The van der Waals surface area contributed by atoms with Gasteiger partial charge in [0.2, 0.25) is 0 Å². The summed E-state index contributed by atoms with van der Waals surface area (Å²) in [5.41, 5.74) is 2.33. The summed E-state index contributed by atoms with van der Waals surface area (Å²) in [6, 6.07) is 14.4. The van der Waals surface area contributed by atoms with Crippen LogP contribution < -0.4 is 15.4 Å². The van der Waals surface area contributed by atoms with Crippen molar-refractivity contribution in [2.24, 2.45) is 7.05 Å². The molecule has 0 aliphatic rings. The van der Waals surface area contributed by atoms with Crippen molar-refractivity contribution in [2.75, 3.05) is 12.4 Å². The van der Waals surface area contributed by atoms with E-state index in [1.807, 2.05) is 12.1 Å². The molecule has 2 aromatic carbocycles. The quantitative estimate of drug-likeness (QED) is 0.612. The van der Waals surface area contributed by atoms with Gasteiger partial charge in [0.25, 0.3) is 0 Å². The van der Waals surface area contributed by atoms with E-state index in [1.54, 1.807) is 51.4 Å². The Morgan fingerprint density at radius 1 is 1.10 bits per heavy atom. The molecule has 8 heteroatoms. The number of nitrogens with zero attached hydrogens (tertiary/aromatic N) is 2.